The Hall–Kier alpha value is -3.86. The number of aromatic amines is 1. The van der Waals surface area contributed by atoms with Crippen LogP contribution in [0.15, 0.2) is 47.1 Å². The predicted molar refractivity (Wildman–Crippen MR) is 102 cm³/mol. The minimum Gasteiger partial charge on any atom is -0.442 e. The molecule has 1 aliphatic heterocycles. The van der Waals surface area contributed by atoms with Crippen LogP contribution in [0.25, 0.3) is 5.82 Å². The highest BCUT2D eigenvalue weighted by Gasteiger charge is 2.29. The van der Waals surface area contributed by atoms with Gasteiger partial charge in [-0.25, -0.2) is 4.98 Å². The van der Waals surface area contributed by atoms with Gasteiger partial charge in [0.15, 0.2) is 11.9 Å². The Morgan fingerprint density at radius 3 is 2.93 bits per heavy atom. The standard InChI is InChI=1S/C19H18N8O3/c1-29-17(12-5-3-2-4-6-12)18-21-14-10-26(8-7-15(14)30-18)19(28)13-9-16(23-22-13)27-11-20-24-25-27/h2-6,9,11,17H,7-8,10H2,1H3,(H,22,23). The van der Waals surface area contributed by atoms with Gasteiger partial charge >= 0.3 is 0 Å². The molecule has 1 N–H and O–H groups in total. The summed E-state index contributed by atoms with van der Waals surface area (Å²) >= 11 is 0. The van der Waals surface area contributed by atoms with Crippen molar-refractivity contribution in [1.29, 1.82) is 0 Å². The van der Waals surface area contributed by atoms with Gasteiger partial charge in [0.05, 0.1) is 6.54 Å². The monoisotopic (exact) mass is 406 g/mol. The first kappa shape index (κ1) is 18.2. The number of H-pyrrole nitrogens is 1. The molecule has 0 saturated heterocycles. The summed E-state index contributed by atoms with van der Waals surface area (Å²) in [4.78, 5) is 19.3. The van der Waals surface area contributed by atoms with Crippen molar-refractivity contribution in [3.63, 3.8) is 0 Å². The Morgan fingerprint density at radius 1 is 1.30 bits per heavy atom. The summed E-state index contributed by atoms with van der Waals surface area (Å²) in [5.74, 6) is 1.54. The lowest BCUT2D eigenvalue weighted by Crippen LogP contribution is -2.36. The van der Waals surface area contributed by atoms with Crippen LogP contribution in [0.5, 0.6) is 0 Å². The van der Waals surface area contributed by atoms with Gasteiger partial charge in [-0.05, 0) is 16.0 Å². The quantitative estimate of drug-likeness (QED) is 0.525. The Bertz CT molecular complexity index is 1150. The molecule has 152 valence electrons. The molecule has 1 atom stereocenters. The molecule has 5 rings (SSSR count). The van der Waals surface area contributed by atoms with Gasteiger partial charge in [0.1, 0.15) is 23.5 Å². The number of benzene rings is 1. The molecule has 0 fully saturated rings. The van der Waals surface area contributed by atoms with Crippen LogP contribution in [0.1, 0.15) is 39.5 Å². The number of tetrazole rings is 1. The van der Waals surface area contributed by atoms with Crippen molar-refractivity contribution in [2.24, 2.45) is 0 Å². The van der Waals surface area contributed by atoms with Gasteiger partial charge in [-0.2, -0.15) is 9.78 Å². The minimum absolute atomic E-state index is 0.177. The molecular weight excluding hydrogens is 388 g/mol. The van der Waals surface area contributed by atoms with Gasteiger partial charge in [0, 0.05) is 26.1 Å². The summed E-state index contributed by atoms with van der Waals surface area (Å²) in [6, 6.07) is 11.4. The predicted octanol–water partition coefficient (Wildman–Crippen LogP) is 1.31. The number of amides is 1. The van der Waals surface area contributed by atoms with Gasteiger partial charge in [-0.3, -0.25) is 9.89 Å². The lowest BCUT2D eigenvalue weighted by atomic mass is 10.1. The summed E-state index contributed by atoms with van der Waals surface area (Å²) in [5.41, 5.74) is 2.05. The van der Waals surface area contributed by atoms with E-state index < -0.39 is 6.10 Å². The van der Waals surface area contributed by atoms with E-state index in [2.05, 4.69) is 30.7 Å². The zero-order valence-electron chi connectivity index (χ0n) is 16.1. The van der Waals surface area contributed by atoms with Crippen LogP contribution in [0.4, 0.5) is 0 Å². The highest BCUT2D eigenvalue weighted by Crippen LogP contribution is 2.29. The first-order chi connectivity index (χ1) is 14.7. The van der Waals surface area contributed by atoms with Crippen molar-refractivity contribution in [2.75, 3.05) is 13.7 Å². The normalized spacial score (nSPS) is 14.5. The van der Waals surface area contributed by atoms with E-state index in [1.807, 2.05) is 30.3 Å². The SMILES string of the molecule is COC(c1ccccc1)c1nc2c(o1)CCN(C(=O)c1cc(-n3cnnn3)n[nH]1)C2. The fraction of sp³-hybridized carbons (Fsp3) is 0.263. The summed E-state index contributed by atoms with van der Waals surface area (Å²) in [5, 5.41) is 17.7. The molecule has 1 aliphatic rings. The lowest BCUT2D eigenvalue weighted by Gasteiger charge is -2.24. The fourth-order valence-corrected chi connectivity index (χ4v) is 3.49. The number of methoxy groups -OCH3 is 1. The maximum atomic E-state index is 12.9. The number of nitrogens with zero attached hydrogens (tertiary/aromatic N) is 7. The van der Waals surface area contributed by atoms with E-state index in [9.17, 15) is 4.79 Å². The van der Waals surface area contributed by atoms with Gasteiger partial charge in [0.2, 0.25) is 5.89 Å². The number of hydrogen-bond donors (Lipinski definition) is 1. The first-order valence-electron chi connectivity index (χ1n) is 9.37. The number of nitrogens with one attached hydrogen (secondary N) is 1. The van der Waals surface area contributed by atoms with Crippen LogP contribution in [-0.2, 0) is 17.7 Å². The van der Waals surface area contributed by atoms with Gasteiger partial charge < -0.3 is 14.1 Å². The zero-order valence-corrected chi connectivity index (χ0v) is 16.1. The maximum Gasteiger partial charge on any atom is 0.272 e. The third-order valence-electron chi connectivity index (χ3n) is 4.97. The largest absolute Gasteiger partial charge is 0.442 e. The number of ether oxygens (including phenoxy) is 1. The number of fused-ring (bicyclic) bond motifs is 1. The lowest BCUT2D eigenvalue weighted by molar-refractivity contribution is 0.0721. The van der Waals surface area contributed by atoms with E-state index in [-0.39, 0.29) is 5.91 Å². The first-order valence-corrected chi connectivity index (χ1v) is 9.37. The van der Waals surface area contributed by atoms with Crippen molar-refractivity contribution in [1.82, 2.24) is 40.3 Å². The second-order valence-electron chi connectivity index (χ2n) is 6.82. The molecule has 0 spiro atoms. The number of rotatable bonds is 5. The van der Waals surface area contributed by atoms with Crippen LogP contribution in [0.2, 0.25) is 0 Å². The number of carbonyl (C=O) groups is 1. The third-order valence-corrected chi connectivity index (χ3v) is 4.97. The van der Waals surface area contributed by atoms with Gasteiger partial charge in [0.25, 0.3) is 5.91 Å². The van der Waals surface area contributed by atoms with E-state index in [0.29, 0.717) is 36.9 Å². The molecule has 1 aromatic carbocycles. The van der Waals surface area contributed by atoms with Crippen molar-refractivity contribution in [3.8, 4) is 5.82 Å². The third kappa shape index (κ3) is 3.24. The van der Waals surface area contributed by atoms with E-state index in [4.69, 9.17) is 9.15 Å². The molecule has 11 nitrogen and oxygen atoms in total. The molecule has 4 heterocycles. The van der Waals surface area contributed by atoms with Crippen LogP contribution < -0.4 is 0 Å². The van der Waals surface area contributed by atoms with Crippen LogP contribution in [-0.4, -0.2) is 59.9 Å². The van der Waals surface area contributed by atoms with Crippen molar-refractivity contribution in [3.05, 3.63) is 71.3 Å². The maximum absolute atomic E-state index is 12.9. The molecule has 1 unspecified atom stereocenters. The Balaban J connectivity index is 1.35. The fourth-order valence-electron chi connectivity index (χ4n) is 3.49. The minimum atomic E-state index is -0.396. The second kappa shape index (κ2) is 7.52. The molecule has 11 heteroatoms. The summed E-state index contributed by atoms with van der Waals surface area (Å²) in [7, 11) is 1.62. The van der Waals surface area contributed by atoms with E-state index in [1.54, 1.807) is 18.1 Å². The summed E-state index contributed by atoms with van der Waals surface area (Å²) in [6.45, 7) is 0.866. The molecule has 3 aromatic heterocycles. The van der Waals surface area contributed by atoms with Crippen LogP contribution in [0.3, 0.4) is 0 Å². The van der Waals surface area contributed by atoms with E-state index in [0.717, 1.165) is 17.0 Å². The second-order valence-corrected chi connectivity index (χ2v) is 6.82. The number of hydrogen-bond acceptors (Lipinski definition) is 8. The molecule has 0 radical (unpaired) electrons. The van der Waals surface area contributed by atoms with Crippen molar-refractivity contribution >= 4 is 5.91 Å². The van der Waals surface area contributed by atoms with Crippen LogP contribution in [0, 0.1) is 0 Å². The zero-order chi connectivity index (χ0) is 20.5. The van der Waals surface area contributed by atoms with E-state index in [1.165, 1.54) is 11.0 Å². The summed E-state index contributed by atoms with van der Waals surface area (Å²) in [6.07, 6.45) is 1.59. The average molecular weight is 406 g/mol. The number of oxazole rings is 1. The van der Waals surface area contributed by atoms with Crippen LogP contribution >= 0.6 is 0 Å². The smallest absolute Gasteiger partial charge is 0.272 e. The molecular formula is C19H18N8O3. The van der Waals surface area contributed by atoms with Crippen molar-refractivity contribution < 1.29 is 13.9 Å². The molecule has 30 heavy (non-hydrogen) atoms. The molecule has 0 bridgehead atoms. The van der Waals surface area contributed by atoms with Gasteiger partial charge in [-0.1, -0.05) is 30.3 Å². The van der Waals surface area contributed by atoms with E-state index >= 15 is 0 Å². The average Bonchev–Trinajstić information content (AvgIpc) is 3.54. The Kier molecular flexibility index (Phi) is 4.56. The highest BCUT2D eigenvalue weighted by atomic mass is 16.5. The Labute approximate surface area is 170 Å². The number of carbonyl (C=O) groups excluding carboxylic acids is 1. The number of aromatic nitrogens is 7. The molecule has 1 amide bonds. The summed E-state index contributed by atoms with van der Waals surface area (Å²) < 4.78 is 13.0. The topological polar surface area (TPSA) is 128 Å². The molecule has 0 aliphatic carbocycles. The van der Waals surface area contributed by atoms with Crippen molar-refractivity contribution in [2.45, 2.75) is 19.1 Å². The molecule has 0 saturated carbocycles. The molecule has 4 aromatic rings. The van der Waals surface area contributed by atoms with Gasteiger partial charge in [-0.15, -0.1) is 5.10 Å². The highest BCUT2D eigenvalue weighted by molar-refractivity contribution is 5.92. The Morgan fingerprint density at radius 2 is 2.17 bits per heavy atom.